The Morgan fingerprint density at radius 2 is 2.00 bits per heavy atom. The highest BCUT2D eigenvalue weighted by Crippen LogP contribution is 2.31. The van der Waals surface area contributed by atoms with Gasteiger partial charge in [-0.3, -0.25) is 4.68 Å². The third-order valence-electron chi connectivity index (χ3n) is 3.08. The summed E-state index contributed by atoms with van der Waals surface area (Å²) >= 11 is 0. The lowest BCUT2D eigenvalue weighted by Gasteiger charge is -2.04. The first-order valence-corrected chi connectivity index (χ1v) is 7.05. The Hall–Kier alpha value is -2.49. The zero-order chi connectivity index (χ0) is 17.2. The third-order valence-corrected chi connectivity index (χ3v) is 3.08. The van der Waals surface area contributed by atoms with Gasteiger partial charge in [0.2, 0.25) is 0 Å². The van der Waals surface area contributed by atoms with Gasteiger partial charge < -0.3 is 5.73 Å². The monoisotopic (exact) mass is 322 g/mol. The Labute approximate surface area is 132 Å². The van der Waals surface area contributed by atoms with Crippen LogP contribution in [0.15, 0.2) is 18.2 Å². The molecular formula is C16H17F3N4. The highest BCUT2D eigenvalue weighted by atomic mass is 19.4. The quantitative estimate of drug-likeness (QED) is 0.861. The number of alkyl halides is 3. The van der Waals surface area contributed by atoms with Gasteiger partial charge in [0.05, 0.1) is 17.1 Å². The lowest BCUT2D eigenvalue weighted by molar-refractivity contribution is -0.141. The van der Waals surface area contributed by atoms with Gasteiger partial charge in [-0.25, -0.2) is 4.98 Å². The molecule has 0 unspecified atom stereocenters. The van der Waals surface area contributed by atoms with E-state index >= 15 is 0 Å². The van der Waals surface area contributed by atoms with Crippen molar-refractivity contribution in [1.82, 2.24) is 14.8 Å². The second-order valence-electron chi connectivity index (χ2n) is 5.57. The number of halogens is 3. The van der Waals surface area contributed by atoms with Crippen molar-refractivity contribution >= 4 is 5.69 Å². The molecule has 0 radical (unpaired) electrons. The van der Waals surface area contributed by atoms with E-state index in [2.05, 4.69) is 21.9 Å². The fraction of sp³-hybridized carbons (Fsp3) is 0.375. The number of anilines is 1. The van der Waals surface area contributed by atoms with E-state index in [-0.39, 0.29) is 5.69 Å². The standard InChI is InChI=1S/C16H17F3N4/c1-10(2)5-4-6-12-11(20)7-8-13(21-12)14-9-15(16(17,18)19)22-23(14)3/h7-10H,5,20H2,1-3H3. The molecule has 2 aromatic rings. The van der Waals surface area contributed by atoms with Crippen molar-refractivity contribution in [2.45, 2.75) is 26.4 Å². The maximum Gasteiger partial charge on any atom is 0.435 e. The molecule has 2 heterocycles. The molecule has 2 rings (SSSR count). The minimum atomic E-state index is -4.50. The number of nitrogens with zero attached hydrogens (tertiary/aromatic N) is 3. The normalized spacial score (nSPS) is 11.4. The Morgan fingerprint density at radius 1 is 1.30 bits per heavy atom. The molecular weight excluding hydrogens is 305 g/mol. The van der Waals surface area contributed by atoms with Crippen LogP contribution in [0.3, 0.4) is 0 Å². The Morgan fingerprint density at radius 3 is 2.57 bits per heavy atom. The molecule has 0 saturated carbocycles. The second-order valence-corrected chi connectivity index (χ2v) is 5.57. The van der Waals surface area contributed by atoms with Crippen molar-refractivity contribution in [2.24, 2.45) is 13.0 Å². The van der Waals surface area contributed by atoms with E-state index in [0.717, 1.165) is 10.7 Å². The molecule has 0 aliphatic rings. The van der Waals surface area contributed by atoms with Gasteiger partial charge in [0.15, 0.2) is 5.69 Å². The minimum absolute atomic E-state index is 0.254. The van der Waals surface area contributed by atoms with E-state index in [1.807, 2.05) is 13.8 Å². The smallest absolute Gasteiger partial charge is 0.396 e. The van der Waals surface area contributed by atoms with E-state index in [9.17, 15) is 13.2 Å². The summed E-state index contributed by atoms with van der Waals surface area (Å²) in [6.07, 6.45) is -3.81. The van der Waals surface area contributed by atoms with Crippen LogP contribution in [0.25, 0.3) is 11.4 Å². The van der Waals surface area contributed by atoms with Gasteiger partial charge in [-0.1, -0.05) is 19.8 Å². The van der Waals surface area contributed by atoms with Gasteiger partial charge >= 0.3 is 6.18 Å². The molecule has 0 atom stereocenters. The van der Waals surface area contributed by atoms with Gasteiger partial charge in [0.25, 0.3) is 0 Å². The molecule has 0 saturated heterocycles. The minimum Gasteiger partial charge on any atom is -0.396 e. The highest BCUT2D eigenvalue weighted by molar-refractivity contribution is 5.62. The topological polar surface area (TPSA) is 56.7 Å². The fourth-order valence-electron chi connectivity index (χ4n) is 1.90. The first-order chi connectivity index (χ1) is 10.7. The molecule has 7 heteroatoms. The Bertz CT molecular complexity index is 764. The van der Waals surface area contributed by atoms with Crippen molar-refractivity contribution in [3.63, 3.8) is 0 Å². The highest BCUT2D eigenvalue weighted by Gasteiger charge is 2.34. The van der Waals surface area contributed by atoms with Crippen LogP contribution in [0.2, 0.25) is 0 Å². The molecule has 0 spiro atoms. The summed E-state index contributed by atoms with van der Waals surface area (Å²) in [5.74, 6) is 6.26. The van der Waals surface area contributed by atoms with E-state index in [1.165, 1.54) is 7.05 Å². The van der Waals surface area contributed by atoms with Gasteiger partial charge in [-0.05, 0) is 30.0 Å². The predicted molar refractivity (Wildman–Crippen MR) is 82.2 cm³/mol. The molecule has 2 N–H and O–H groups in total. The fourth-order valence-corrected chi connectivity index (χ4v) is 1.90. The summed E-state index contributed by atoms with van der Waals surface area (Å²) in [4.78, 5) is 4.27. The van der Waals surface area contributed by atoms with Crippen molar-refractivity contribution < 1.29 is 13.2 Å². The van der Waals surface area contributed by atoms with Gasteiger partial charge in [0.1, 0.15) is 5.69 Å². The summed E-state index contributed by atoms with van der Waals surface area (Å²) in [5, 5.41) is 3.48. The maximum atomic E-state index is 12.7. The Balaban J connectivity index is 2.41. The summed E-state index contributed by atoms with van der Waals surface area (Å²) in [6.45, 7) is 4.08. The van der Waals surface area contributed by atoms with E-state index in [1.54, 1.807) is 12.1 Å². The van der Waals surface area contributed by atoms with Gasteiger partial charge in [-0.15, -0.1) is 0 Å². The van der Waals surface area contributed by atoms with Crippen LogP contribution in [-0.2, 0) is 13.2 Å². The molecule has 23 heavy (non-hydrogen) atoms. The van der Waals surface area contributed by atoms with E-state index < -0.39 is 11.9 Å². The third kappa shape index (κ3) is 4.03. The number of aromatic nitrogens is 3. The molecule has 0 aromatic carbocycles. The number of hydrogen-bond donors (Lipinski definition) is 1. The maximum absolute atomic E-state index is 12.7. The van der Waals surface area contributed by atoms with E-state index in [4.69, 9.17) is 5.73 Å². The SMILES string of the molecule is CC(C)CC#Cc1nc(-c2cc(C(F)(F)F)nn2C)ccc1N. The summed E-state index contributed by atoms with van der Waals surface area (Å²) < 4.78 is 39.4. The van der Waals surface area contributed by atoms with E-state index in [0.29, 0.717) is 29.4 Å². The second kappa shape index (κ2) is 6.32. The molecule has 0 aliphatic carbocycles. The zero-order valence-corrected chi connectivity index (χ0v) is 13.1. The molecule has 0 amide bonds. The van der Waals surface area contributed by atoms with Gasteiger partial charge in [0, 0.05) is 13.5 Å². The van der Waals surface area contributed by atoms with Crippen molar-refractivity contribution in [3.8, 4) is 23.2 Å². The molecule has 0 fully saturated rings. The lowest BCUT2D eigenvalue weighted by atomic mass is 10.1. The van der Waals surface area contributed by atoms with Crippen LogP contribution in [0.1, 0.15) is 31.7 Å². The number of pyridine rings is 1. The van der Waals surface area contributed by atoms with Crippen molar-refractivity contribution in [2.75, 3.05) is 5.73 Å². The number of rotatable bonds is 2. The predicted octanol–water partition coefficient (Wildman–Crippen LogP) is 3.48. The first-order valence-electron chi connectivity index (χ1n) is 7.05. The van der Waals surface area contributed by atoms with Crippen LogP contribution < -0.4 is 5.73 Å². The zero-order valence-electron chi connectivity index (χ0n) is 13.1. The van der Waals surface area contributed by atoms with Crippen LogP contribution in [0.5, 0.6) is 0 Å². The molecule has 0 aliphatic heterocycles. The average molecular weight is 322 g/mol. The number of hydrogen-bond acceptors (Lipinski definition) is 3. The molecule has 4 nitrogen and oxygen atoms in total. The largest absolute Gasteiger partial charge is 0.435 e. The number of nitrogen functional groups attached to an aromatic ring is 1. The molecule has 0 bridgehead atoms. The van der Waals surface area contributed by atoms with Crippen LogP contribution >= 0.6 is 0 Å². The number of nitrogens with two attached hydrogens (primary N) is 1. The summed E-state index contributed by atoms with van der Waals surface area (Å²) in [6, 6.07) is 4.10. The van der Waals surface area contributed by atoms with Crippen LogP contribution in [0, 0.1) is 17.8 Å². The summed E-state index contributed by atoms with van der Waals surface area (Å²) in [7, 11) is 1.44. The lowest BCUT2D eigenvalue weighted by Crippen LogP contribution is -2.06. The first kappa shape index (κ1) is 16.9. The van der Waals surface area contributed by atoms with Crippen molar-refractivity contribution in [1.29, 1.82) is 0 Å². The average Bonchev–Trinajstić information content (AvgIpc) is 2.83. The van der Waals surface area contributed by atoms with Gasteiger partial charge in [-0.2, -0.15) is 18.3 Å². The number of aryl methyl sites for hydroxylation is 1. The molecule has 2 aromatic heterocycles. The summed E-state index contributed by atoms with van der Waals surface area (Å²) in [5.41, 5.74) is 6.22. The molecule has 122 valence electrons. The van der Waals surface area contributed by atoms with Crippen LogP contribution in [-0.4, -0.2) is 14.8 Å². The Kier molecular flexibility index (Phi) is 4.64. The van der Waals surface area contributed by atoms with Crippen molar-refractivity contribution in [3.05, 3.63) is 29.6 Å². The van der Waals surface area contributed by atoms with Crippen LogP contribution in [0.4, 0.5) is 18.9 Å².